The number of carbonyl (C=O) groups excluding carboxylic acids is 1. The predicted octanol–water partition coefficient (Wildman–Crippen LogP) is 5.61. The quantitative estimate of drug-likeness (QED) is 0.180. The molecule has 2 N–H and O–H groups in total. The highest BCUT2D eigenvalue weighted by Crippen LogP contribution is 2.46. The van der Waals surface area contributed by atoms with Gasteiger partial charge in [-0.2, -0.15) is 10.2 Å². The largest absolute Gasteiger partial charge is 0.504 e. The van der Waals surface area contributed by atoms with Gasteiger partial charge in [-0.1, -0.05) is 0 Å². The van der Waals surface area contributed by atoms with Gasteiger partial charge in [-0.3, -0.25) is 14.8 Å². The Morgan fingerprint density at radius 1 is 0.560 bits per heavy atom. The van der Waals surface area contributed by atoms with E-state index in [1.54, 1.807) is 50.6 Å². The molecule has 50 heavy (non-hydrogen) atoms. The van der Waals surface area contributed by atoms with Crippen molar-refractivity contribution in [2.75, 3.05) is 65.8 Å². The smallest absolute Gasteiger partial charge is 0.197 e. The number of methoxy groups -OCH3 is 6. The van der Waals surface area contributed by atoms with Gasteiger partial charge in [0, 0.05) is 37.1 Å². The normalized spacial score (nSPS) is 13.9. The van der Waals surface area contributed by atoms with E-state index in [1.807, 2.05) is 24.3 Å². The number of aromatic hydroxyl groups is 2. The third-order valence-electron chi connectivity index (χ3n) is 8.67. The molecule has 13 nitrogen and oxygen atoms in total. The SMILES string of the molecule is COc1ccc(C2=NN(c3c(C(=O)c4ccc(O)c(OC)c4N4CCC(c5ccc(OC)c(OC)c5)=N4)ccc(O)c3OC)CC2)cc1OC. The van der Waals surface area contributed by atoms with E-state index >= 15 is 0 Å². The Balaban J connectivity index is 1.43. The van der Waals surface area contributed by atoms with Crippen LogP contribution in [0.2, 0.25) is 0 Å². The summed E-state index contributed by atoms with van der Waals surface area (Å²) in [7, 11) is 9.12. The lowest BCUT2D eigenvalue weighted by molar-refractivity contribution is 0.103. The number of ketones is 1. The summed E-state index contributed by atoms with van der Waals surface area (Å²) >= 11 is 0. The molecule has 0 radical (unpaired) electrons. The summed E-state index contributed by atoms with van der Waals surface area (Å²) in [5, 5.41) is 34.7. The molecule has 0 saturated carbocycles. The van der Waals surface area contributed by atoms with Crippen molar-refractivity contribution in [2.24, 2.45) is 10.2 Å². The van der Waals surface area contributed by atoms with Crippen LogP contribution in [-0.4, -0.2) is 83.2 Å². The highest BCUT2D eigenvalue weighted by atomic mass is 16.5. The second-order valence-corrected chi connectivity index (χ2v) is 11.3. The van der Waals surface area contributed by atoms with E-state index in [0.717, 1.165) is 22.6 Å². The Morgan fingerprint density at radius 3 is 1.32 bits per heavy atom. The molecule has 0 aliphatic carbocycles. The minimum absolute atomic E-state index is 0.0930. The van der Waals surface area contributed by atoms with Gasteiger partial charge in [0.05, 0.1) is 65.2 Å². The number of hydrogen-bond donors (Lipinski definition) is 2. The molecule has 0 spiro atoms. The number of nitrogens with zero attached hydrogens (tertiary/aromatic N) is 4. The van der Waals surface area contributed by atoms with Crippen molar-refractivity contribution < 1.29 is 43.4 Å². The molecule has 4 aromatic carbocycles. The number of ether oxygens (including phenoxy) is 6. The minimum atomic E-state index is -0.420. The summed E-state index contributed by atoms with van der Waals surface area (Å²) in [6, 6.07) is 16.9. The highest BCUT2D eigenvalue weighted by Gasteiger charge is 2.33. The number of rotatable bonds is 12. The Labute approximate surface area is 289 Å². The van der Waals surface area contributed by atoms with E-state index < -0.39 is 5.78 Å². The van der Waals surface area contributed by atoms with Crippen LogP contribution in [0.15, 0.2) is 70.9 Å². The first-order valence-electron chi connectivity index (χ1n) is 15.8. The van der Waals surface area contributed by atoms with Crippen LogP contribution in [0.1, 0.15) is 39.9 Å². The summed E-state index contributed by atoms with van der Waals surface area (Å²) in [6.45, 7) is 0.807. The molecule has 2 heterocycles. The fraction of sp³-hybridized carbons (Fsp3) is 0.270. The maximum Gasteiger partial charge on any atom is 0.197 e. The zero-order valence-electron chi connectivity index (χ0n) is 28.6. The number of benzene rings is 4. The molecule has 0 atom stereocenters. The first-order chi connectivity index (χ1) is 24.3. The molecule has 2 aliphatic heterocycles. The van der Waals surface area contributed by atoms with Crippen LogP contribution < -0.4 is 38.4 Å². The second-order valence-electron chi connectivity index (χ2n) is 11.3. The van der Waals surface area contributed by atoms with Crippen molar-refractivity contribution in [3.05, 3.63) is 82.9 Å². The lowest BCUT2D eigenvalue weighted by Crippen LogP contribution is -2.20. The van der Waals surface area contributed by atoms with Crippen molar-refractivity contribution >= 4 is 28.6 Å². The molecule has 0 aromatic heterocycles. The maximum atomic E-state index is 14.7. The topological polar surface area (TPSA) is 144 Å². The lowest BCUT2D eigenvalue weighted by Gasteiger charge is -2.24. The third-order valence-corrected chi connectivity index (χ3v) is 8.67. The van der Waals surface area contributed by atoms with Gasteiger partial charge in [0.25, 0.3) is 0 Å². The van der Waals surface area contributed by atoms with Gasteiger partial charge in [-0.15, -0.1) is 0 Å². The highest BCUT2D eigenvalue weighted by molar-refractivity contribution is 6.18. The average molecular weight is 683 g/mol. The fourth-order valence-corrected chi connectivity index (χ4v) is 6.22. The molecular formula is C37H38N4O9. The molecular weight excluding hydrogens is 644 g/mol. The van der Waals surface area contributed by atoms with Gasteiger partial charge < -0.3 is 38.6 Å². The number of hydrazone groups is 2. The van der Waals surface area contributed by atoms with Gasteiger partial charge in [-0.05, 0) is 60.7 Å². The van der Waals surface area contributed by atoms with Crippen molar-refractivity contribution in [1.82, 2.24) is 0 Å². The molecule has 0 fully saturated rings. The fourth-order valence-electron chi connectivity index (χ4n) is 6.22. The van der Waals surface area contributed by atoms with Crippen LogP contribution in [-0.2, 0) is 0 Å². The van der Waals surface area contributed by atoms with Crippen LogP contribution in [0, 0.1) is 0 Å². The summed E-state index contributed by atoms with van der Waals surface area (Å²) in [5.41, 5.74) is 4.15. The molecule has 0 bridgehead atoms. The van der Waals surface area contributed by atoms with E-state index in [2.05, 4.69) is 0 Å². The molecule has 0 unspecified atom stereocenters. The Bertz CT molecular complexity index is 1870. The third kappa shape index (κ3) is 6.02. The molecule has 2 aliphatic rings. The first kappa shape index (κ1) is 33.8. The number of hydrogen-bond acceptors (Lipinski definition) is 13. The van der Waals surface area contributed by atoms with Crippen molar-refractivity contribution in [3.63, 3.8) is 0 Å². The van der Waals surface area contributed by atoms with Crippen LogP contribution in [0.4, 0.5) is 11.4 Å². The minimum Gasteiger partial charge on any atom is -0.504 e. The van der Waals surface area contributed by atoms with Crippen molar-refractivity contribution in [3.8, 4) is 46.0 Å². The zero-order chi connectivity index (χ0) is 35.5. The second kappa shape index (κ2) is 14.2. The standard InChI is InChI=1S/C37H38N4O9/c1-45-29-13-7-21(19-31(29)47-3)25-15-17-40(38-25)33-23(9-11-27(42)36(33)49-5)35(44)24-10-12-28(43)37(50-6)34(24)41-18-16-26(39-41)22-8-14-30(46-2)32(20-22)48-4/h7-14,19-20,42-43H,15-18H2,1-6H3. The number of anilines is 2. The van der Waals surface area contributed by atoms with Gasteiger partial charge >= 0.3 is 0 Å². The van der Waals surface area contributed by atoms with Gasteiger partial charge in [-0.25, -0.2) is 0 Å². The molecule has 260 valence electrons. The van der Waals surface area contributed by atoms with Crippen LogP contribution in [0.25, 0.3) is 0 Å². The van der Waals surface area contributed by atoms with E-state index in [9.17, 15) is 15.0 Å². The summed E-state index contributed by atoms with van der Waals surface area (Å²) < 4.78 is 33.0. The lowest BCUT2D eigenvalue weighted by atomic mass is 9.97. The summed E-state index contributed by atoms with van der Waals surface area (Å²) in [5.74, 6) is 1.76. The van der Waals surface area contributed by atoms with Gasteiger partial charge in [0.15, 0.2) is 51.8 Å². The predicted molar refractivity (Wildman–Crippen MR) is 189 cm³/mol. The molecule has 4 aromatic rings. The Kier molecular flexibility index (Phi) is 9.57. The van der Waals surface area contributed by atoms with Crippen molar-refractivity contribution in [1.29, 1.82) is 0 Å². The summed E-state index contributed by atoms with van der Waals surface area (Å²) in [6.07, 6.45) is 1.09. The van der Waals surface area contributed by atoms with Gasteiger partial charge in [0.2, 0.25) is 0 Å². The maximum absolute atomic E-state index is 14.7. The number of phenolic OH excluding ortho intramolecular Hbond substituents is 2. The molecule has 13 heteroatoms. The van der Waals surface area contributed by atoms with Crippen LogP contribution in [0.3, 0.4) is 0 Å². The van der Waals surface area contributed by atoms with E-state index in [0.29, 0.717) is 60.3 Å². The van der Waals surface area contributed by atoms with E-state index in [-0.39, 0.29) is 34.1 Å². The Morgan fingerprint density at radius 2 is 0.960 bits per heavy atom. The molecule has 0 amide bonds. The Hall–Kier alpha value is -6.11. The zero-order valence-corrected chi connectivity index (χ0v) is 28.6. The average Bonchev–Trinajstić information content (AvgIpc) is 3.85. The monoisotopic (exact) mass is 682 g/mol. The van der Waals surface area contributed by atoms with Crippen LogP contribution in [0.5, 0.6) is 46.0 Å². The molecule has 0 saturated heterocycles. The van der Waals surface area contributed by atoms with Crippen molar-refractivity contribution in [2.45, 2.75) is 12.8 Å². The van der Waals surface area contributed by atoms with E-state index in [4.69, 9.17) is 38.6 Å². The van der Waals surface area contributed by atoms with Crippen LogP contribution >= 0.6 is 0 Å². The first-order valence-corrected chi connectivity index (χ1v) is 15.8. The van der Waals surface area contributed by atoms with E-state index in [1.165, 1.54) is 38.5 Å². The number of carbonyl (C=O) groups is 1. The van der Waals surface area contributed by atoms with Gasteiger partial charge in [0.1, 0.15) is 11.4 Å². The molecule has 6 rings (SSSR count). The summed E-state index contributed by atoms with van der Waals surface area (Å²) in [4.78, 5) is 14.7. The number of phenols is 2.